The van der Waals surface area contributed by atoms with E-state index in [4.69, 9.17) is 0 Å². The van der Waals surface area contributed by atoms with Gasteiger partial charge in [0.25, 0.3) is 0 Å². The lowest BCUT2D eigenvalue weighted by Crippen LogP contribution is -2.28. The Kier molecular flexibility index (Phi) is 5.39. The molecule has 1 unspecified atom stereocenters. The van der Waals surface area contributed by atoms with Gasteiger partial charge in [-0.05, 0) is 67.2 Å². The molecule has 1 aliphatic carbocycles. The third-order valence-electron chi connectivity index (χ3n) is 3.55. The maximum atomic E-state index is 4.45. The van der Waals surface area contributed by atoms with E-state index in [0.717, 1.165) is 23.0 Å². The predicted molar refractivity (Wildman–Crippen MR) is 79.7 cm³/mol. The van der Waals surface area contributed by atoms with E-state index >= 15 is 0 Å². The Labute approximate surface area is 118 Å². The molecular formula is C15H21BrN2. The second-order valence-corrected chi connectivity index (χ2v) is 5.89. The molecule has 0 aromatic carbocycles. The number of hydrogen-bond acceptors (Lipinski definition) is 2. The van der Waals surface area contributed by atoms with Crippen LogP contribution in [0.3, 0.4) is 0 Å². The van der Waals surface area contributed by atoms with Gasteiger partial charge in [-0.1, -0.05) is 11.6 Å². The number of pyridine rings is 1. The minimum absolute atomic E-state index is 0.503. The molecule has 1 atom stereocenters. The zero-order chi connectivity index (χ0) is 12.8. The molecule has 0 fully saturated rings. The van der Waals surface area contributed by atoms with Gasteiger partial charge in [0.1, 0.15) is 0 Å². The van der Waals surface area contributed by atoms with Gasteiger partial charge in [0, 0.05) is 28.8 Å². The molecular weight excluding hydrogens is 288 g/mol. The van der Waals surface area contributed by atoms with E-state index in [1.54, 1.807) is 5.57 Å². The zero-order valence-corrected chi connectivity index (χ0v) is 12.5. The standard InChI is InChI=1S/C15H21BrN2/c1-17-15(9-12-5-3-2-4-6-12)10-14-8-7-13(16)11-18-14/h5,7-8,11,15,17H,2-4,6,9-10H2,1H3. The Bertz CT molecular complexity index is 397. The summed E-state index contributed by atoms with van der Waals surface area (Å²) in [7, 11) is 2.05. The highest BCUT2D eigenvalue weighted by atomic mass is 79.9. The van der Waals surface area contributed by atoms with Gasteiger partial charge in [0.15, 0.2) is 0 Å². The van der Waals surface area contributed by atoms with Crippen LogP contribution >= 0.6 is 15.9 Å². The van der Waals surface area contributed by atoms with Gasteiger partial charge in [-0.15, -0.1) is 0 Å². The first-order valence-corrected chi connectivity index (χ1v) is 7.53. The maximum Gasteiger partial charge on any atom is 0.0420 e. The lowest BCUT2D eigenvalue weighted by atomic mass is 9.93. The van der Waals surface area contributed by atoms with Crippen LogP contribution in [0.4, 0.5) is 0 Å². The van der Waals surface area contributed by atoms with Gasteiger partial charge >= 0.3 is 0 Å². The minimum atomic E-state index is 0.503. The summed E-state index contributed by atoms with van der Waals surface area (Å²) in [5, 5.41) is 3.42. The van der Waals surface area contributed by atoms with Crippen molar-refractivity contribution in [3.8, 4) is 0 Å². The van der Waals surface area contributed by atoms with Gasteiger partial charge < -0.3 is 5.32 Å². The normalized spacial score (nSPS) is 17.3. The van der Waals surface area contributed by atoms with E-state index in [1.807, 2.05) is 13.2 Å². The molecule has 0 aliphatic heterocycles. The molecule has 0 spiro atoms. The number of rotatable bonds is 5. The number of allylic oxidation sites excluding steroid dienone is 1. The first kappa shape index (κ1) is 13.8. The highest BCUT2D eigenvalue weighted by molar-refractivity contribution is 9.10. The van der Waals surface area contributed by atoms with Crippen LogP contribution in [0.1, 0.15) is 37.8 Å². The number of nitrogens with zero attached hydrogens (tertiary/aromatic N) is 1. The van der Waals surface area contributed by atoms with Crippen molar-refractivity contribution < 1.29 is 0 Å². The zero-order valence-electron chi connectivity index (χ0n) is 11.0. The highest BCUT2D eigenvalue weighted by Gasteiger charge is 2.12. The first-order chi connectivity index (χ1) is 8.78. The molecule has 1 heterocycles. The molecule has 0 amide bonds. The molecule has 1 aliphatic rings. The SMILES string of the molecule is CNC(CC1=CCCCC1)Cc1ccc(Br)cn1. The van der Waals surface area contributed by atoms with Crippen molar-refractivity contribution in [1.29, 1.82) is 0 Å². The van der Waals surface area contributed by atoms with Crippen molar-refractivity contribution in [3.63, 3.8) is 0 Å². The molecule has 3 heteroatoms. The monoisotopic (exact) mass is 308 g/mol. The fraction of sp³-hybridized carbons (Fsp3) is 0.533. The average molecular weight is 309 g/mol. The summed E-state index contributed by atoms with van der Waals surface area (Å²) in [4.78, 5) is 4.45. The van der Waals surface area contributed by atoms with Crippen molar-refractivity contribution in [1.82, 2.24) is 10.3 Å². The fourth-order valence-electron chi connectivity index (χ4n) is 2.46. The summed E-state index contributed by atoms with van der Waals surface area (Å²) in [6.07, 6.45) is 11.7. The highest BCUT2D eigenvalue weighted by Crippen LogP contribution is 2.22. The van der Waals surface area contributed by atoms with Crippen molar-refractivity contribution in [3.05, 3.63) is 40.1 Å². The van der Waals surface area contributed by atoms with E-state index in [2.05, 4.69) is 44.4 Å². The Hall–Kier alpha value is -0.670. The summed E-state index contributed by atoms with van der Waals surface area (Å²) >= 11 is 3.42. The van der Waals surface area contributed by atoms with Crippen LogP contribution < -0.4 is 5.32 Å². The van der Waals surface area contributed by atoms with Gasteiger partial charge in [-0.3, -0.25) is 4.98 Å². The Morgan fingerprint density at radius 2 is 2.22 bits per heavy atom. The van der Waals surface area contributed by atoms with Gasteiger partial charge in [0.05, 0.1) is 0 Å². The topological polar surface area (TPSA) is 24.9 Å². The molecule has 1 N–H and O–H groups in total. The number of aromatic nitrogens is 1. The summed E-state index contributed by atoms with van der Waals surface area (Å²) < 4.78 is 1.04. The van der Waals surface area contributed by atoms with Crippen LogP contribution in [0.25, 0.3) is 0 Å². The van der Waals surface area contributed by atoms with E-state index in [0.29, 0.717) is 6.04 Å². The lowest BCUT2D eigenvalue weighted by Gasteiger charge is -2.20. The largest absolute Gasteiger partial charge is 0.316 e. The second kappa shape index (κ2) is 7.05. The van der Waals surface area contributed by atoms with Crippen LogP contribution in [0, 0.1) is 0 Å². The van der Waals surface area contributed by atoms with Crippen molar-refractivity contribution in [2.24, 2.45) is 0 Å². The number of hydrogen-bond donors (Lipinski definition) is 1. The van der Waals surface area contributed by atoms with Gasteiger partial charge in [0.2, 0.25) is 0 Å². The van der Waals surface area contributed by atoms with Crippen molar-refractivity contribution >= 4 is 15.9 Å². The number of halogens is 1. The van der Waals surface area contributed by atoms with E-state index < -0.39 is 0 Å². The summed E-state index contributed by atoms with van der Waals surface area (Å²) in [5.41, 5.74) is 2.78. The molecule has 98 valence electrons. The second-order valence-electron chi connectivity index (χ2n) is 4.97. The van der Waals surface area contributed by atoms with Gasteiger partial charge in [-0.25, -0.2) is 0 Å². The maximum absolute atomic E-state index is 4.45. The summed E-state index contributed by atoms with van der Waals surface area (Å²) in [5.74, 6) is 0. The van der Waals surface area contributed by atoms with Crippen molar-refractivity contribution in [2.45, 2.75) is 44.6 Å². The molecule has 2 nitrogen and oxygen atoms in total. The predicted octanol–water partition coefficient (Wildman–Crippen LogP) is 3.87. The van der Waals surface area contributed by atoms with Crippen LogP contribution in [0.15, 0.2) is 34.5 Å². The summed E-state index contributed by atoms with van der Waals surface area (Å²) in [6.45, 7) is 0. The average Bonchev–Trinajstić information content (AvgIpc) is 2.41. The van der Waals surface area contributed by atoms with Crippen LogP contribution in [0.5, 0.6) is 0 Å². The molecule has 0 bridgehead atoms. The third kappa shape index (κ3) is 4.21. The Morgan fingerprint density at radius 1 is 1.33 bits per heavy atom. The lowest BCUT2D eigenvalue weighted by molar-refractivity contribution is 0.527. The molecule has 1 aromatic heterocycles. The van der Waals surface area contributed by atoms with Crippen LogP contribution in [-0.2, 0) is 6.42 Å². The Morgan fingerprint density at radius 3 is 2.83 bits per heavy atom. The molecule has 1 aromatic rings. The molecule has 0 radical (unpaired) electrons. The Balaban J connectivity index is 1.92. The summed E-state index contributed by atoms with van der Waals surface area (Å²) in [6, 6.07) is 4.67. The minimum Gasteiger partial charge on any atom is -0.316 e. The molecule has 0 saturated carbocycles. The number of nitrogens with one attached hydrogen (secondary N) is 1. The molecule has 2 rings (SSSR count). The van der Waals surface area contributed by atoms with E-state index in [1.165, 1.54) is 25.7 Å². The van der Waals surface area contributed by atoms with Gasteiger partial charge in [-0.2, -0.15) is 0 Å². The smallest absolute Gasteiger partial charge is 0.0420 e. The van der Waals surface area contributed by atoms with Crippen LogP contribution in [0.2, 0.25) is 0 Å². The van der Waals surface area contributed by atoms with E-state index in [-0.39, 0.29) is 0 Å². The molecule has 0 saturated heterocycles. The number of likely N-dealkylation sites (N-methyl/N-ethyl adjacent to an activating group) is 1. The van der Waals surface area contributed by atoms with Crippen LogP contribution in [-0.4, -0.2) is 18.1 Å². The third-order valence-corrected chi connectivity index (χ3v) is 4.02. The first-order valence-electron chi connectivity index (χ1n) is 6.73. The van der Waals surface area contributed by atoms with E-state index in [9.17, 15) is 0 Å². The van der Waals surface area contributed by atoms with Crippen molar-refractivity contribution in [2.75, 3.05) is 7.05 Å². The quantitative estimate of drug-likeness (QED) is 0.835. The fourth-order valence-corrected chi connectivity index (χ4v) is 2.70. The molecule has 18 heavy (non-hydrogen) atoms.